The van der Waals surface area contributed by atoms with Crippen LogP contribution in [0.25, 0.3) is 0 Å². The molecule has 1 aromatic carbocycles. The van der Waals surface area contributed by atoms with Crippen molar-refractivity contribution in [2.45, 2.75) is 6.92 Å². The van der Waals surface area contributed by atoms with E-state index in [1.54, 1.807) is 24.3 Å². The van der Waals surface area contributed by atoms with Gasteiger partial charge in [0.25, 0.3) is 0 Å². The zero-order valence-electron chi connectivity index (χ0n) is 10.7. The summed E-state index contributed by atoms with van der Waals surface area (Å²) >= 11 is 5.83. The van der Waals surface area contributed by atoms with E-state index in [0.717, 1.165) is 38.3 Å². The predicted octanol–water partition coefficient (Wildman–Crippen LogP) is 2.06. The molecule has 0 aliphatic carbocycles. The Morgan fingerprint density at radius 3 is 2.56 bits per heavy atom. The molecule has 2 rings (SSSR count). The van der Waals surface area contributed by atoms with Crippen molar-refractivity contribution in [2.24, 2.45) is 5.92 Å². The monoisotopic (exact) mass is 266 g/mol. The van der Waals surface area contributed by atoms with Crippen LogP contribution in [0.2, 0.25) is 5.02 Å². The number of piperazine rings is 1. The van der Waals surface area contributed by atoms with Gasteiger partial charge in [-0.15, -0.1) is 0 Å². The highest BCUT2D eigenvalue weighted by atomic mass is 35.5. The lowest BCUT2D eigenvalue weighted by Crippen LogP contribution is -2.45. The number of nitrogens with one attached hydrogen (secondary N) is 1. The lowest BCUT2D eigenvalue weighted by atomic mass is 9.98. The summed E-state index contributed by atoms with van der Waals surface area (Å²) in [6.45, 7) is 6.92. The van der Waals surface area contributed by atoms with Gasteiger partial charge < -0.3 is 10.2 Å². The Balaban J connectivity index is 1.93. The van der Waals surface area contributed by atoms with Crippen LogP contribution in [0.3, 0.4) is 0 Å². The summed E-state index contributed by atoms with van der Waals surface area (Å²) in [7, 11) is 0. The highest BCUT2D eigenvalue weighted by molar-refractivity contribution is 6.30. The number of hydrogen-bond donors (Lipinski definition) is 1. The molecule has 1 saturated heterocycles. The van der Waals surface area contributed by atoms with Crippen LogP contribution in [0, 0.1) is 5.92 Å². The third kappa shape index (κ3) is 3.55. The molecule has 0 saturated carbocycles. The normalized spacial score (nSPS) is 18.6. The molecule has 0 bridgehead atoms. The Hall–Kier alpha value is -0.900. The largest absolute Gasteiger partial charge is 0.314 e. The number of rotatable bonds is 4. The molecule has 0 amide bonds. The van der Waals surface area contributed by atoms with E-state index < -0.39 is 0 Å². The highest BCUT2D eigenvalue weighted by Gasteiger charge is 2.19. The van der Waals surface area contributed by atoms with Gasteiger partial charge in [0.15, 0.2) is 5.78 Å². The fourth-order valence-corrected chi connectivity index (χ4v) is 2.39. The molecule has 1 atom stereocenters. The van der Waals surface area contributed by atoms with E-state index in [9.17, 15) is 4.79 Å². The molecule has 1 N–H and O–H groups in total. The van der Waals surface area contributed by atoms with Crippen molar-refractivity contribution in [3.8, 4) is 0 Å². The summed E-state index contributed by atoms with van der Waals surface area (Å²) in [5.41, 5.74) is 0.752. The van der Waals surface area contributed by atoms with Gasteiger partial charge in [0.2, 0.25) is 0 Å². The summed E-state index contributed by atoms with van der Waals surface area (Å²) in [6, 6.07) is 7.15. The Labute approximate surface area is 113 Å². The Kier molecular flexibility index (Phi) is 4.75. The van der Waals surface area contributed by atoms with Gasteiger partial charge >= 0.3 is 0 Å². The first kappa shape index (κ1) is 13.5. The average Bonchev–Trinajstić information content (AvgIpc) is 2.40. The smallest absolute Gasteiger partial charge is 0.166 e. The molecule has 0 spiro atoms. The first-order chi connectivity index (χ1) is 8.66. The number of benzene rings is 1. The van der Waals surface area contributed by atoms with E-state index in [0.29, 0.717) is 5.02 Å². The second-order valence-corrected chi connectivity index (χ2v) is 5.26. The molecule has 1 aliphatic rings. The molecular weight excluding hydrogens is 248 g/mol. The first-order valence-corrected chi connectivity index (χ1v) is 6.77. The van der Waals surface area contributed by atoms with Crippen molar-refractivity contribution in [3.63, 3.8) is 0 Å². The number of ketones is 1. The molecule has 18 heavy (non-hydrogen) atoms. The number of hydrogen-bond acceptors (Lipinski definition) is 3. The standard InChI is InChI=1S/C14H19ClN2O/c1-11(10-17-8-6-16-7-9-17)14(18)12-2-4-13(15)5-3-12/h2-5,11,16H,6-10H2,1H3. The van der Waals surface area contributed by atoms with Crippen LogP contribution in [0.4, 0.5) is 0 Å². The van der Waals surface area contributed by atoms with Gasteiger partial charge in [-0.1, -0.05) is 18.5 Å². The van der Waals surface area contributed by atoms with E-state index in [1.807, 2.05) is 6.92 Å². The summed E-state index contributed by atoms with van der Waals surface area (Å²) < 4.78 is 0. The average molecular weight is 267 g/mol. The Morgan fingerprint density at radius 1 is 1.33 bits per heavy atom. The highest BCUT2D eigenvalue weighted by Crippen LogP contribution is 2.14. The molecule has 1 aromatic rings. The lowest BCUT2D eigenvalue weighted by molar-refractivity contribution is 0.0887. The van der Waals surface area contributed by atoms with Crippen LogP contribution < -0.4 is 5.32 Å². The predicted molar refractivity (Wildman–Crippen MR) is 74.3 cm³/mol. The van der Waals surface area contributed by atoms with Crippen molar-refractivity contribution >= 4 is 17.4 Å². The van der Waals surface area contributed by atoms with Crippen molar-refractivity contribution in [2.75, 3.05) is 32.7 Å². The Morgan fingerprint density at radius 2 is 1.94 bits per heavy atom. The summed E-state index contributed by atoms with van der Waals surface area (Å²) in [5.74, 6) is 0.231. The maximum absolute atomic E-state index is 12.2. The van der Waals surface area contributed by atoms with Crippen LogP contribution in [0.1, 0.15) is 17.3 Å². The van der Waals surface area contributed by atoms with Gasteiger partial charge in [-0.25, -0.2) is 0 Å². The minimum atomic E-state index is 0.0317. The first-order valence-electron chi connectivity index (χ1n) is 6.39. The third-order valence-electron chi connectivity index (χ3n) is 3.32. The van der Waals surface area contributed by atoms with Crippen molar-refractivity contribution < 1.29 is 4.79 Å². The second-order valence-electron chi connectivity index (χ2n) is 4.82. The number of halogens is 1. The van der Waals surface area contributed by atoms with Gasteiger partial charge in [0.1, 0.15) is 0 Å². The zero-order valence-corrected chi connectivity index (χ0v) is 11.4. The van der Waals surface area contributed by atoms with Gasteiger partial charge in [0, 0.05) is 49.2 Å². The van der Waals surface area contributed by atoms with Crippen molar-refractivity contribution in [3.05, 3.63) is 34.9 Å². The quantitative estimate of drug-likeness (QED) is 0.847. The van der Waals surface area contributed by atoms with Crippen molar-refractivity contribution in [1.29, 1.82) is 0 Å². The molecule has 1 unspecified atom stereocenters. The lowest BCUT2D eigenvalue weighted by Gasteiger charge is -2.29. The van der Waals surface area contributed by atoms with E-state index in [2.05, 4.69) is 10.2 Å². The zero-order chi connectivity index (χ0) is 13.0. The fraction of sp³-hybridized carbons (Fsp3) is 0.500. The molecule has 1 fully saturated rings. The maximum Gasteiger partial charge on any atom is 0.166 e. The van der Waals surface area contributed by atoms with Crippen LogP contribution in [-0.2, 0) is 0 Å². The van der Waals surface area contributed by atoms with Crippen LogP contribution in [0.5, 0.6) is 0 Å². The van der Waals surface area contributed by atoms with Crippen LogP contribution in [-0.4, -0.2) is 43.4 Å². The molecule has 3 nitrogen and oxygen atoms in total. The van der Waals surface area contributed by atoms with Crippen LogP contribution in [0.15, 0.2) is 24.3 Å². The second kappa shape index (κ2) is 6.32. The van der Waals surface area contributed by atoms with E-state index in [1.165, 1.54) is 0 Å². The van der Waals surface area contributed by atoms with Gasteiger partial charge in [0.05, 0.1) is 0 Å². The Bertz CT molecular complexity index is 399. The minimum absolute atomic E-state index is 0.0317. The molecule has 0 radical (unpaired) electrons. The number of carbonyl (C=O) groups is 1. The summed E-state index contributed by atoms with van der Waals surface area (Å²) in [6.07, 6.45) is 0. The third-order valence-corrected chi connectivity index (χ3v) is 3.57. The van der Waals surface area contributed by atoms with Crippen LogP contribution >= 0.6 is 11.6 Å². The van der Waals surface area contributed by atoms with Gasteiger partial charge in [-0.2, -0.15) is 0 Å². The molecule has 1 heterocycles. The van der Waals surface area contributed by atoms with E-state index >= 15 is 0 Å². The SMILES string of the molecule is CC(CN1CCNCC1)C(=O)c1ccc(Cl)cc1. The van der Waals surface area contributed by atoms with Gasteiger partial charge in [-0.05, 0) is 24.3 Å². The number of carbonyl (C=O) groups excluding carboxylic acids is 1. The summed E-state index contributed by atoms with van der Waals surface area (Å²) in [5, 5.41) is 3.98. The number of Topliss-reactive ketones (excluding diaryl/α,β-unsaturated/α-hetero) is 1. The molecular formula is C14H19ClN2O. The molecule has 4 heteroatoms. The van der Waals surface area contributed by atoms with E-state index in [-0.39, 0.29) is 11.7 Å². The minimum Gasteiger partial charge on any atom is -0.314 e. The van der Waals surface area contributed by atoms with Crippen molar-refractivity contribution in [1.82, 2.24) is 10.2 Å². The topological polar surface area (TPSA) is 32.3 Å². The molecule has 1 aliphatic heterocycles. The molecule has 0 aromatic heterocycles. The maximum atomic E-state index is 12.2. The molecule has 98 valence electrons. The fourth-order valence-electron chi connectivity index (χ4n) is 2.26. The van der Waals surface area contributed by atoms with E-state index in [4.69, 9.17) is 11.6 Å². The van der Waals surface area contributed by atoms with Gasteiger partial charge in [-0.3, -0.25) is 4.79 Å². The summed E-state index contributed by atoms with van der Waals surface area (Å²) in [4.78, 5) is 14.6. The number of nitrogens with zero attached hydrogens (tertiary/aromatic N) is 1.